The van der Waals surface area contributed by atoms with Crippen LogP contribution in [0.5, 0.6) is 0 Å². The first-order chi connectivity index (χ1) is 7.49. The molecule has 0 unspecified atom stereocenters. The molecule has 16 heavy (non-hydrogen) atoms. The fraction of sp³-hybridized carbons (Fsp3) is 0.667. The normalized spacial score (nSPS) is 11.8. The van der Waals surface area contributed by atoms with E-state index in [0.717, 1.165) is 19.3 Å². The molecule has 0 bridgehead atoms. The van der Waals surface area contributed by atoms with Crippen molar-refractivity contribution in [2.75, 3.05) is 0 Å². The van der Waals surface area contributed by atoms with E-state index in [0.29, 0.717) is 6.42 Å². The Morgan fingerprint density at radius 2 is 1.81 bits per heavy atom. The van der Waals surface area contributed by atoms with E-state index in [2.05, 4.69) is 6.92 Å². The van der Waals surface area contributed by atoms with Crippen molar-refractivity contribution < 1.29 is 19.8 Å². The van der Waals surface area contributed by atoms with Gasteiger partial charge in [-0.1, -0.05) is 25.0 Å². The van der Waals surface area contributed by atoms with Crippen molar-refractivity contribution in [2.24, 2.45) is 5.92 Å². The van der Waals surface area contributed by atoms with Crippen molar-refractivity contribution in [1.82, 2.24) is 0 Å². The summed E-state index contributed by atoms with van der Waals surface area (Å²) in [6.07, 6.45) is 5.85. The second-order valence-corrected chi connectivity index (χ2v) is 3.96. The molecule has 92 valence electrons. The van der Waals surface area contributed by atoms with Crippen molar-refractivity contribution in [3.8, 4) is 0 Å². The molecule has 0 saturated carbocycles. The Balaban J connectivity index is 4.02. The number of carbonyl (C=O) groups is 2. The molecule has 0 aliphatic carbocycles. The number of carboxylic acid groups (broad SMARTS) is 2. The lowest BCUT2D eigenvalue weighted by atomic mass is 10.0. The number of aliphatic carboxylic acids is 2. The summed E-state index contributed by atoms with van der Waals surface area (Å²) in [6.45, 7) is 4.10. The zero-order valence-corrected chi connectivity index (χ0v) is 9.90. The topological polar surface area (TPSA) is 74.6 Å². The highest BCUT2D eigenvalue weighted by Gasteiger charge is 2.24. The Kier molecular flexibility index (Phi) is 7.25. The maximum Gasteiger partial charge on any atom is 0.317 e. The summed E-state index contributed by atoms with van der Waals surface area (Å²) in [5.74, 6) is -3.80. The molecule has 0 rings (SSSR count). The third kappa shape index (κ3) is 6.22. The summed E-state index contributed by atoms with van der Waals surface area (Å²) in [5.41, 5.74) is 1.20. The van der Waals surface area contributed by atoms with Crippen molar-refractivity contribution in [2.45, 2.75) is 46.0 Å². The Labute approximate surface area is 96.0 Å². The molecule has 0 fully saturated rings. The first kappa shape index (κ1) is 14.7. The van der Waals surface area contributed by atoms with Crippen LogP contribution < -0.4 is 0 Å². The maximum absolute atomic E-state index is 10.6. The van der Waals surface area contributed by atoms with E-state index < -0.39 is 17.9 Å². The SMILES string of the molecule is CCCC/C(C)=C/CCC(C(=O)O)C(=O)O. The number of unbranched alkanes of at least 4 members (excludes halogenated alkanes) is 1. The van der Waals surface area contributed by atoms with Gasteiger partial charge < -0.3 is 10.2 Å². The second-order valence-electron chi connectivity index (χ2n) is 3.96. The monoisotopic (exact) mass is 228 g/mol. The van der Waals surface area contributed by atoms with Gasteiger partial charge in [-0.25, -0.2) is 0 Å². The molecule has 0 radical (unpaired) electrons. The first-order valence-electron chi connectivity index (χ1n) is 5.60. The predicted molar refractivity (Wildman–Crippen MR) is 61.3 cm³/mol. The van der Waals surface area contributed by atoms with Gasteiger partial charge in [-0.2, -0.15) is 0 Å². The molecule has 0 aromatic carbocycles. The Bertz CT molecular complexity index is 254. The lowest BCUT2D eigenvalue weighted by Crippen LogP contribution is -2.22. The molecule has 0 aliphatic heterocycles. The number of allylic oxidation sites excluding steroid dienone is 2. The fourth-order valence-corrected chi connectivity index (χ4v) is 1.41. The van der Waals surface area contributed by atoms with Gasteiger partial charge in [0.1, 0.15) is 0 Å². The fourth-order valence-electron chi connectivity index (χ4n) is 1.41. The molecular weight excluding hydrogens is 208 g/mol. The predicted octanol–water partition coefficient (Wildman–Crippen LogP) is 2.69. The van der Waals surface area contributed by atoms with Crippen LogP contribution in [0.15, 0.2) is 11.6 Å². The van der Waals surface area contributed by atoms with Crippen LogP contribution in [-0.4, -0.2) is 22.2 Å². The molecule has 0 atom stereocenters. The molecule has 4 nitrogen and oxygen atoms in total. The summed E-state index contributed by atoms with van der Waals surface area (Å²) >= 11 is 0. The van der Waals surface area contributed by atoms with Crippen molar-refractivity contribution in [3.63, 3.8) is 0 Å². The van der Waals surface area contributed by atoms with Crippen LogP contribution >= 0.6 is 0 Å². The van der Waals surface area contributed by atoms with Gasteiger partial charge in [0.2, 0.25) is 0 Å². The van der Waals surface area contributed by atoms with Gasteiger partial charge in [-0.3, -0.25) is 9.59 Å². The molecule has 0 aromatic rings. The van der Waals surface area contributed by atoms with Crippen molar-refractivity contribution >= 4 is 11.9 Å². The number of rotatable bonds is 8. The first-order valence-corrected chi connectivity index (χ1v) is 5.60. The zero-order valence-electron chi connectivity index (χ0n) is 9.90. The molecule has 0 aromatic heterocycles. The highest BCUT2D eigenvalue weighted by Crippen LogP contribution is 2.12. The summed E-state index contributed by atoms with van der Waals surface area (Å²) in [6, 6.07) is 0. The molecule has 0 spiro atoms. The lowest BCUT2D eigenvalue weighted by molar-refractivity contribution is -0.154. The second kappa shape index (κ2) is 7.91. The number of hydrogen-bond donors (Lipinski definition) is 2. The average molecular weight is 228 g/mol. The van der Waals surface area contributed by atoms with Gasteiger partial charge in [0.15, 0.2) is 5.92 Å². The quantitative estimate of drug-likeness (QED) is 0.494. The van der Waals surface area contributed by atoms with Crippen LogP contribution in [0.25, 0.3) is 0 Å². The Morgan fingerprint density at radius 1 is 1.25 bits per heavy atom. The summed E-state index contributed by atoms with van der Waals surface area (Å²) in [5, 5.41) is 17.3. The van der Waals surface area contributed by atoms with E-state index >= 15 is 0 Å². The highest BCUT2D eigenvalue weighted by atomic mass is 16.4. The van der Waals surface area contributed by atoms with Crippen molar-refractivity contribution in [3.05, 3.63) is 11.6 Å². The van der Waals surface area contributed by atoms with Gasteiger partial charge in [0.05, 0.1) is 0 Å². The minimum absolute atomic E-state index is 0.161. The number of carboxylic acids is 2. The van der Waals surface area contributed by atoms with E-state index in [9.17, 15) is 9.59 Å². The van der Waals surface area contributed by atoms with Crippen LogP contribution in [-0.2, 0) is 9.59 Å². The lowest BCUT2D eigenvalue weighted by Gasteiger charge is -2.05. The largest absolute Gasteiger partial charge is 0.481 e. The third-order valence-corrected chi connectivity index (χ3v) is 2.47. The van der Waals surface area contributed by atoms with Crippen LogP contribution in [0.4, 0.5) is 0 Å². The minimum atomic E-state index is -1.28. The minimum Gasteiger partial charge on any atom is -0.481 e. The van der Waals surface area contributed by atoms with Gasteiger partial charge in [-0.15, -0.1) is 0 Å². The summed E-state index contributed by atoms with van der Waals surface area (Å²) in [4.78, 5) is 21.2. The van der Waals surface area contributed by atoms with Crippen molar-refractivity contribution in [1.29, 1.82) is 0 Å². The Hall–Kier alpha value is -1.32. The summed E-state index contributed by atoms with van der Waals surface area (Å²) < 4.78 is 0. The van der Waals surface area contributed by atoms with Gasteiger partial charge >= 0.3 is 11.9 Å². The average Bonchev–Trinajstić information content (AvgIpc) is 2.20. The van der Waals surface area contributed by atoms with E-state index in [1.165, 1.54) is 5.57 Å². The van der Waals surface area contributed by atoms with Crippen LogP contribution in [0.3, 0.4) is 0 Å². The van der Waals surface area contributed by atoms with Gasteiger partial charge in [0, 0.05) is 0 Å². The van der Waals surface area contributed by atoms with E-state index in [1.54, 1.807) is 0 Å². The standard InChI is InChI=1S/C12H20O4/c1-3-4-6-9(2)7-5-8-10(11(13)14)12(15)16/h7,10H,3-6,8H2,1-2H3,(H,13,14)(H,15,16)/b9-7+. The summed E-state index contributed by atoms with van der Waals surface area (Å²) in [7, 11) is 0. The molecule has 4 heteroatoms. The molecule has 0 saturated heterocycles. The van der Waals surface area contributed by atoms with E-state index in [-0.39, 0.29) is 6.42 Å². The van der Waals surface area contributed by atoms with E-state index in [1.807, 2.05) is 13.0 Å². The number of hydrogen-bond acceptors (Lipinski definition) is 2. The van der Waals surface area contributed by atoms with Crippen LogP contribution in [0.1, 0.15) is 46.0 Å². The van der Waals surface area contributed by atoms with Crippen LogP contribution in [0.2, 0.25) is 0 Å². The molecule has 0 amide bonds. The molecule has 2 N–H and O–H groups in total. The third-order valence-electron chi connectivity index (χ3n) is 2.47. The highest BCUT2D eigenvalue weighted by molar-refractivity contribution is 5.92. The maximum atomic E-state index is 10.6. The molecular formula is C12H20O4. The molecule has 0 heterocycles. The molecule has 0 aliphatic rings. The van der Waals surface area contributed by atoms with E-state index in [4.69, 9.17) is 10.2 Å². The zero-order chi connectivity index (χ0) is 12.6. The van der Waals surface area contributed by atoms with Gasteiger partial charge in [0.25, 0.3) is 0 Å². The smallest absolute Gasteiger partial charge is 0.317 e. The van der Waals surface area contributed by atoms with Crippen LogP contribution in [0, 0.1) is 5.92 Å². The van der Waals surface area contributed by atoms with Gasteiger partial charge in [-0.05, 0) is 32.6 Å². The Morgan fingerprint density at radius 3 is 2.25 bits per heavy atom.